The van der Waals surface area contributed by atoms with E-state index in [0.717, 1.165) is 0 Å². The van der Waals surface area contributed by atoms with E-state index in [-0.39, 0.29) is 24.8 Å². The Hall–Kier alpha value is -1.47. The number of carbonyl (C=O) groups is 3. The maximum atomic E-state index is 11.5. The summed E-state index contributed by atoms with van der Waals surface area (Å²) >= 11 is 0. The summed E-state index contributed by atoms with van der Waals surface area (Å²) in [5, 5.41) is 2.25. The predicted molar refractivity (Wildman–Crippen MR) is 54.9 cm³/mol. The van der Waals surface area contributed by atoms with Crippen LogP contribution >= 0.6 is 0 Å². The van der Waals surface area contributed by atoms with Gasteiger partial charge in [0.2, 0.25) is 11.8 Å². The van der Waals surface area contributed by atoms with Crippen molar-refractivity contribution in [3.05, 3.63) is 0 Å². The van der Waals surface area contributed by atoms with Gasteiger partial charge in [0.25, 0.3) is 0 Å². The molecule has 2 unspecified atom stereocenters. The van der Waals surface area contributed by atoms with Gasteiger partial charge in [0.05, 0.1) is 26.2 Å². The van der Waals surface area contributed by atoms with Crippen LogP contribution in [0.3, 0.4) is 0 Å². The summed E-state index contributed by atoms with van der Waals surface area (Å²) in [6.07, 6.45) is -0.538. The van der Waals surface area contributed by atoms with Gasteiger partial charge in [-0.25, -0.2) is 4.79 Å². The molecule has 17 heavy (non-hydrogen) atoms. The van der Waals surface area contributed by atoms with Crippen LogP contribution in [-0.4, -0.2) is 61.6 Å². The third kappa shape index (κ3) is 2.45. The lowest BCUT2D eigenvalue weighted by molar-refractivity contribution is -0.161. The van der Waals surface area contributed by atoms with Crippen molar-refractivity contribution < 1.29 is 23.9 Å². The average molecular weight is 242 g/mol. The number of methoxy groups -OCH3 is 1. The quantitative estimate of drug-likeness (QED) is 0.458. The Labute approximate surface area is 98.0 Å². The lowest BCUT2D eigenvalue weighted by atomic mass is 10.1. The van der Waals surface area contributed by atoms with Gasteiger partial charge < -0.3 is 9.47 Å². The van der Waals surface area contributed by atoms with Crippen LogP contribution in [0.2, 0.25) is 0 Å². The first kappa shape index (κ1) is 12.0. The minimum absolute atomic E-state index is 0.146. The van der Waals surface area contributed by atoms with Crippen molar-refractivity contribution in [2.75, 3.05) is 26.8 Å². The summed E-state index contributed by atoms with van der Waals surface area (Å²) in [6, 6.07) is -0.487. The van der Waals surface area contributed by atoms with E-state index in [2.05, 4.69) is 10.1 Å². The number of hydrogen-bond acceptors (Lipinski definition) is 6. The van der Waals surface area contributed by atoms with Crippen molar-refractivity contribution in [3.63, 3.8) is 0 Å². The molecule has 94 valence electrons. The summed E-state index contributed by atoms with van der Waals surface area (Å²) in [4.78, 5) is 35.7. The Kier molecular flexibility index (Phi) is 3.39. The third-order valence-corrected chi connectivity index (χ3v) is 2.95. The lowest BCUT2D eigenvalue weighted by Gasteiger charge is -2.33. The third-order valence-electron chi connectivity index (χ3n) is 2.95. The van der Waals surface area contributed by atoms with E-state index in [1.807, 2.05) is 0 Å². The van der Waals surface area contributed by atoms with E-state index in [1.165, 1.54) is 7.11 Å². The van der Waals surface area contributed by atoms with Gasteiger partial charge in [0, 0.05) is 13.1 Å². The first-order chi connectivity index (χ1) is 8.11. The van der Waals surface area contributed by atoms with Gasteiger partial charge in [-0.2, -0.15) is 0 Å². The Balaban J connectivity index is 2.00. The van der Waals surface area contributed by atoms with Crippen molar-refractivity contribution in [2.45, 2.75) is 18.6 Å². The number of hydrogen-bond donors (Lipinski definition) is 1. The normalized spacial score (nSPS) is 30.2. The summed E-state index contributed by atoms with van der Waals surface area (Å²) in [5.41, 5.74) is 0. The zero-order valence-corrected chi connectivity index (χ0v) is 9.47. The number of esters is 1. The number of carbonyl (C=O) groups excluding carboxylic acids is 3. The van der Waals surface area contributed by atoms with Crippen molar-refractivity contribution >= 4 is 17.8 Å². The molecule has 2 atom stereocenters. The highest BCUT2D eigenvalue weighted by molar-refractivity contribution is 6.05. The van der Waals surface area contributed by atoms with Gasteiger partial charge in [-0.3, -0.25) is 19.8 Å². The molecule has 2 rings (SSSR count). The van der Waals surface area contributed by atoms with Crippen molar-refractivity contribution in [1.29, 1.82) is 0 Å². The second kappa shape index (κ2) is 4.80. The molecule has 0 bridgehead atoms. The highest BCUT2D eigenvalue weighted by Crippen LogP contribution is 2.15. The molecule has 2 amide bonds. The maximum absolute atomic E-state index is 11.5. The number of nitrogens with one attached hydrogen (secondary N) is 1. The van der Waals surface area contributed by atoms with Gasteiger partial charge in [-0.05, 0) is 0 Å². The summed E-state index contributed by atoms with van der Waals surface area (Å²) in [5.74, 6) is -1.04. The molecule has 2 fully saturated rings. The van der Waals surface area contributed by atoms with Crippen molar-refractivity contribution in [2.24, 2.45) is 0 Å². The van der Waals surface area contributed by atoms with Gasteiger partial charge in [-0.15, -0.1) is 0 Å². The molecule has 0 saturated carbocycles. The zero-order chi connectivity index (χ0) is 12.4. The second-order valence-corrected chi connectivity index (χ2v) is 4.01. The van der Waals surface area contributed by atoms with Crippen LogP contribution in [0.4, 0.5) is 0 Å². The summed E-state index contributed by atoms with van der Waals surface area (Å²) in [6.45, 7) is 1.15. The molecule has 0 radical (unpaired) electrons. The van der Waals surface area contributed by atoms with Crippen LogP contribution < -0.4 is 5.32 Å². The number of morpholine rings is 1. The van der Waals surface area contributed by atoms with Crippen LogP contribution in [0.25, 0.3) is 0 Å². The molecule has 1 N–H and O–H groups in total. The zero-order valence-electron chi connectivity index (χ0n) is 9.47. The Morgan fingerprint density at radius 3 is 2.88 bits per heavy atom. The highest BCUT2D eigenvalue weighted by atomic mass is 16.6. The van der Waals surface area contributed by atoms with Gasteiger partial charge in [-0.1, -0.05) is 0 Å². The van der Waals surface area contributed by atoms with Crippen LogP contribution in [0, 0.1) is 0 Å². The smallest absolute Gasteiger partial charge is 0.336 e. The average Bonchev–Trinajstić information content (AvgIpc) is 2.67. The molecule has 0 aromatic heterocycles. The number of rotatable bonds is 2. The highest BCUT2D eigenvalue weighted by Gasteiger charge is 2.39. The molecule has 2 aliphatic rings. The molecule has 2 aliphatic heterocycles. The van der Waals surface area contributed by atoms with Crippen molar-refractivity contribution in [3.8, 4) is 0 Å². The number of amides is 2. The molecule has 0 aromatic rings. The molecule has 0 aliphatic carbocycles. The van der Waals surface area contributed by atoms with Crippen LogP contribution in [0.1, 0.15) is 6.42 Å². The summed E-state index contributed by atoms with van der Waals surface area (Å²) < 4.78 is 9.84. The topological polar surface area (TPSA) is 84.9 Å². The molecule has 7 heteroatoms. The van der Waals surface area contributed by atoms with Crippen molar-refractivity contribution in [1.82, 2.24) is 10.2 Å². The maximum Gasteiger partial charge on any atom is 0.336 e. The molecular formula is C10H14N2O5. The van der Waals surface area contributed by atoms with E-state index >= 15 is 0 Å². The van der Waals surface area contributed by atoms with Gasteiger partial charge in [0.15, 0.2) is 6.10 Å². The largest absolute Gasteiger partial charge is 0.467 e. The minimum atomic E-state index is -0.683. The van der Waals surface area contributed by atoms with Crippen LogP contribution in [-0.2, 0) is 23.9 Å². The molecule has 0 spiro atoms. The molecular weight excluding hydrogens is 228 g/mol. The van der Waals surface area contributed by atoms with Crippen LogP contribution in [0.5, 0.6) is 0 Å². The van der Waals surface area contributed by atoms with Gasteiger partial charge >= 0.3 is 5.97 Å². The standard InChI is InChI=1S/C10H14N2O5/c1-16-10(15)7-5-12(2-3-17-7)6-4-8(13)11-9(6)14/h6-7H,2-5H2,1H3,(H,11,13,14). The fraction of sp³-hybridized carbons (Fsp3) is 0.700. The second-order valence-electron chi connectivity index (χ2n) is 4.01. The van der Waals surface area contributed by atoms with E-state index in [1.54, 1.807) is 4.90 Å². The van der Waals surface area contributed by atoms with Crippen LogP contribution in [0.15, 0.2) is 0 Å². The molecule has 7 nitrogen and oxygen atoms in total. The molecule has 2 saturated heterocycles. The SMILES string of the molecule is COC(=O)C1CN(C2CC(=O)NC2=O)CCO1. The minimum Gasteiger partial charge on any atom is -0.467 e. The monoisotopic (exact) mass is 242 g/mol. The Morgan fingerprint density at radius 1 is 1.53 bits per heavy atom. The number of nitrogens with zero attached hydrogens (tertiary/aromatic N) is 1. The Bertz CT molecular complexity index is 357. The Morgan fingerprint density at radius 2 is 2.29 bits per heavy atom. The summed E-state index contributed by atoms with van der Waals surface area (Å²) in [7, 11) is 1.29. The fourth-order valence-electron chi connectivity index (χ4n) is 2.06. The van der Waals surface area contributed by atoms with E-state index in [9.17, 15) is 14.4 Å². The molecule has 2 heterocycles. The molecule has 0 aromatic carbocycles. The van der Waals surface area contributed by atoms with E-state index < -0.39 is 18.1 Å². The first-order valence-corrected chi connectivity index (χ1v) is 5.39. The predicted octanol–water partition coefficient (Wildman–Crippen LogP) is -1.72. The van der Waals surface area contributed by atoms with E-state index in [4.69, 9.17) is 4.74 Å². The lowest BCUT2D eigenvalue weighted by Crippen LogP contribution is -2.52. The van der Waals surface area contributed by atoms with Gasteiger partial charge in [0.1, 0.15) is 0 Å². The first-order valence-electron chi connectivity index (χ1n) is 5.39. The fourth-order valence-corrected chi connectivity index (χ4v) is 2.06. The van der Waals surface area contributed by atoms with E-state index in [0.29, 0.717) is 13.2 Å². The number of ether oxygens (including phenoxy) is 2. The number of imide groups is 1.